The van der Waals surface area contributed by atoms with E-state index in [1.807, 2.05) is 0 Å². The van der Waals surface area contributed by atoms with Crippen LogP contribution in [0.25, 0.3) is 0 Å². The van der Waals surface area contributed by atoms with Crippen LogP contribution in [-0.2, 0) is 19.4 Å². The molecule has 3 N–H and O–H groups in total. The molecule has 0 aliphatic heterocycles. The molecule has 0 saturated carbocycles. The number of rotatable bonds is 4. The largest absolute Gasteiger partial charge is 0.477 e. The molecule has 11 heavy (non-hydrogen) atoms. The highest BCUT2D eigenvalue weighted by molar-refractivity contribution is 7.80. The Morgan fingerprint density at radius 3 is 2.27 bits per heavy atom. The molecule has 0 radical (unpaired) electrons. The second-order valence-electron chi connectivity index (χ2n) is 1.47. The number of carboxylic acid groups (broad SMARTS) is 1. The van der Waals surface area contributed by atoms with Crippen molar-refractivity contribution in [2.24, 2.45) is 0 Å². The van der Waals surface area contributed by atoms with Crippen molar-refractivity contribution in [3.05, 3.63) is 0 Å². The minimum Gasteiger partial charge on any atom is -0.477 e. The topological polar surface area (TPSA) is 125 Å². The highest BCUT2D eigenvalue weighted by Gasteiger charge is 2.11. The fourth-order valence-corrected chi connectivity index (χ4v) is 0.462. The second kappa shape index (κ2) is 3.42. The second-order valence-corrected chi connectivity index (χ2v) is 2.56. The van der Waals surface area contributed by atoms with Crippen LogP contribution in [0.3, 0.4) is 0 Å². The Morgan fingerprint density at radius 1 is 1.55 bits per heavy atom. The fourth-order valence-electron chi connectivity index (χ4n) is 0.195. The number of aliphatic carboxylic acids is 1. The number of hydrogen-bond donors (Lipinski definition) is 3. The summed E-state index contributed by atoms with van der Waals surface area (Å²) in [6, 6.07) is 0. The van der Waals surface area contributed by atoms with Gasteiger partial charge in [-0.15, -0.1) is 0 Å². The Morgan fingerprint density at radius 2 is 2.00 bits per heavy atom. The third-order valence-corrected chi connectivity index (χ3v) is 1.03. The van der Waals surface area contributed by atoms with Crippen molar-refractivity contribution in [1.82, 2.24) is 0 Å². The average molecular weight is 183 g/mol. The van der Waals surface area contributed by atoms with E-state index in [-0.39, 0.29) is 0 Å². The van der Waals surface area contributed by atoms with Crippen LogP contribution < -0.4 is 0 Å². The van der Waals surface area contributed by atoms with E-state index in [9.17, 15) is 13.2 Å². The van der Waals surface area contributed by atoms with Gasteiger partial charge in [-0.1, -0.05) is 0 Å². The van der Waals surface area contributed by atoms with E-state index in [4.69, 9.17) is 15.1 Å². The molecule has 0 aliphatic carbocycles. The zero-order valence-corrected chi connectivity index (χ0v) is 5.96. The van der Waals surface area contributed by atoms with Crippen LogP contribution in [0.5, 0.6) is 0 Å². The van der Waals surface area contributed by atoms with Gasteiger partial charge in [0.1, 0.15) is 12.3 Å². The zero-order chi connectivity index (χ0) is 9.07. The molecular formula is C3H5NO6S. The van der Waals surface area contributed by atoms with Gasteiger partial charge in [-0.3, -0.25) is 9.96 Å². The molecule has 7 nitrogen and oxygen atoms in total. The van der Waals surface area contributed by atoms with Gasteiger partial charge in [0.25, 0.3) is 0 Å². The Balaban J connectivity index is 3.92. The van der Waals surface area contributed by atoms with Crippen molar-refractivity contribution in [3.8, 4) is 0 Å². The lowest BCUT2D eigenvalue weighted by atomic mass is 10.4. The first-order valence-corrected chi connectivity index (χ1v) is 3.62. The van der Waals surface area contributed by atoms with E-state index < -0.39 is 28.7 Å². The lowest BCUT2D eigenvalue weighted by Gasteiger charge is -1.96. The molecule has 64 valence electrons. The molecule has 0 aliphatic rings. The minimum absolute atomic E-state index is 0.956. The van der Waals surface area contributed by atoms with Gasteiger partial charge in [0.2, 0.25) is 0 Å². The van der Waals surface area contributed by atoms with E-state index in [1.165, 1.54) is 0 Å². The zero-order valence-electron chi connectivity index (χ0n) is 5.14. The summed E-state index contributed by atoms with van der Waals surface area (Å²) in [6.07, 6.45) is 0. The van der Waals surface area contributed by atoms with Crippen LogP contribution in [0, 0.1) is 5.41 Å². The van der Waals surface area contributed by atoms with Gasteiger partial charge in [0.05, 0.1) is 0 Å². The summed E-state index contributed by atoms with van der Waals surface area (Å²) in [4.78, 5) is 9.84. The van der Waals surface area contributed by atoms with Crippen molar-refractivity contribution in [2.75, 3.05) is 6.61 Å². The quantitative estimate of drug-likeness (QED) is 0.375. The summed E-state index contributed by atoms with van der Waals surface area (Å²) in [5, 5.41) is 14.5. The summed E-state index contributed by atoms with van der Waals surface area (Å²) in [7, 11) is -4.66. The number of carboxylic acids is 1. The highest BCUT2D eigenvalue weighted by atomic mass is 32.3. The van der Waals surface area contributed by atoms with Gasteiger partial charge in [-0.2, -0.15) is 8.42 Å². The van der Waals surface area contributed by atoms with E-state index in [0.717, 1.165) is 0 Å². The molecule has 0 unspecified atom stereocenters. The molecular weight excluding hydrogens is 178 g/mol. The molecule has 0 rings (SSSR count). The molecule has 0 spiro atoms. The van der Waals surface area contributed by atoms with Crippen molar-refractivity contribution >= 4 is 22.1 Å². The molecule has 0 atom stereocenters. The van der Waals surface area contributed by atoms with Crippen molar-refractivity contribution in [3.63, 3.8) is 0 Å². The first kappa shape index (κ1) is 10.0. The fraction of sp³-hybridized carbons (Fsp3) is 0.333. The molecule has 0 aromatic rings. The van der Waals surface area contributed by atoms with Gasteiger partial charge in [-0.25, -0.2) is 8.98 Å². The summed E-state index contributed by atoms with van der Waals surface area (Å²) in [6.45, 7) is -0.978. The van der Waals surface area contributed by atoms with Gasteiger partial charge >= 0.3 is 16.4 Å². The molecule has 0 aromatic carbocycles. The molecule has 0 amide bonds. The Bertz CT molecular complexity index is 266. The minimum atomic E-state index is -4.66. The SMILES string of the molecule is N=C(COS(=O)(=O)O)C(=O)O. The maximum Gasteiger partial charge on any atom is 0.397 e. The van der Waals surface area contributed by atoms with Crippen molar-refractivity contribution in [1.29, 1.82) is 5.41 Å². The molecule has 0 bridgehead atoms. The van der Waals surface area contributed by atoms with Crippen LogP contribution in [-0.4, -0.2) is 36.4 Å². The van der Waals surface area contributed by atoms with E-state index in [0.29, 0.717) is 0 Å². The third kappa shape index (κ3) is 5.45. The monoisotopic (exact) mass is 183 g/mol. The predicted molar refractivity (Wildman–Crippen MR) is 32.9 cm³/mol. The lowest BCUT2D eigenvalue weighted by molar-refractivity contribution is -0.129. The van der Waals surface area contributed by atoms with E-state index in [2.05, 4.69) is 4.18 Å². The number of nitrogens with one attached hydrogen (secondary N) is 1. The van der Waals surface area contributed by atoms with E-state index in [1.54, 1.807) is 0 Å². The first-order valence-electron chi connectivity index (χ1n) is 2.25. The first-order chi connectivity index (χ1) is 4.83. The van der Waals surface area contributed by atoms with Crippen LogP contribution >= 0.6 is 0 Å². The summed E-state index contributed by atoms with van der Waals surface area (Å²) >= 11 is 0. The summed E-state index contributed by atoms with van der Waals surface area (Å²) < 4.78 is 31.1. The third-order valence-electron chi connectivity index (χ3n) is 0.610. The van der Waals surface area contributed by atoms with E-state index >= 15 is 0 Å². The standard InChI is InChI=1S/C3H5NO6S/c4-2(3(5)6)1-10-11(7,8)9/h4H,1H2,(H,5,6)(H,7,8,9). The van der Waals surface area contributed by atoms with Gasteiger partial charge in [0.15, 0.2) is 0 Å². The van der Waals surface area contributed by atoms with Crippen molar-refractivity contribution < 1.29 is 27.1 Å². The number of hydrogen-bond acceptors (Lipinski definition) is 5. The summed E-state index contributed by atoms with van der Waals surface area (Å²) in [5.41, 5.74) is -0.956. The molecule has 0 heterocycles. The van der Waals surface area contributed by atoms with Gasteiger partial charge in [-0.05, 0) is 0 Å². The molecule has 0 saturated heterocycles. The number of carbonyl (C=O) groups is 1. The summed E-state index contributed by atoms with van der Waals surface area (Å²) in [5.74, 6) is -1.60. The van der Waals surface area contributed by atoms with Gasteiger partial charge in [0, 0.05) is 0 Å². The Kier molecular flexibility index (Phi) is 3.11. The Labute approximate surface area is 62.1 Å². The highest BCUT2D eigenvalue weighted by Crippen LogP contribution is 1.86. The van der Waals surface area contributed by atoms with Crippen LogP contribution in [0.15, 0.2) is 0 Å². The van der Waals surface area contributed by atoms with Crippen molar-refractivity contribution in [2.45, 2.75) is 0 Å². The van der Waals surface area contributed by atoms with Crippen LogP contribution in [0.4, 0.5) is 0 Å². The predicted octanol–water partition coefficient (Wildman–Crippen LogP) is -1.09. The average Bonchev–Trinajstić information content (AvgIpc) is 1.80. The normalized spacial score (nSPS) is 11.0. The smallest absolute Gasteiger partial charge is 0.397 e. The van der Waals surface area contributed by atoms with Gasteiger partial charge < -0.3 is 5.11 Å². The van der Waals surface area contributed by atoms with Crippen LogP contribution in [0.2, 0.25) is 0 Å². The molecule has 8 heteroatoms. The Hall–Kier alpha value is -0.990. The molecule has 0 aromatic heterocycles. The van der Waals surface area contributed by atoms with Crippen LogP contribution in [0.1, 0.15) is 0 Å². The lowest BCUT2D eigenvalue weighted by Crippen LogP contribution is -2.20. The maximum atomic E-state index is 9.84. The molecule has 0 fully saturated rings. The maximum absolute atomic E-state index is 9.84.